The SMILES string of the molecule is CC#CC(=O)Nc1cc(-c2ncc(C(F)(F)F)[nH]2)ccc1OCCCN1CCOCC1. The van der Waals surface area contributed by atoms with Crippen LogP contribution in [-0.4, -0.2) is 60.2 Å². The summed E-state index contributed by atoms with van der Waals surface area (Å²) in [4.78, 5) is 20.3. The Hall–Kier alpha value is -3.03. The molecule has 2 heterocycles. The predicted octanol–water partition coefficient (Wildman–Crippen LogP) is 3.16. The Morgan fingerprint density at radius 3 is 2.81 bits per heavy atom. The molecular weight excluding hydrogens is 413 g/mol. The maximum Gasteiger partial charge on any atom is 0.432 e. The third kappa shape index (κ3) is 6.47. The van der Waals surface area contributed by atoms with Gasteiger partial charge in [-0.15, -0.1) is 0 Å². The van der Waals surface area contributed by atoms with E-state index < -0.39 is 17.8 Å². The number of halogens is 3. The minimum absolute atomic E-state index is 0.0308. The quantitative estimate of drug-likeness (QED) is 0.515. The van der Waals surface area contributed by atoms with Gasteiger partial charge in [-0.1, -0.05) is 5.92 Å². The highest BCUT2D eigenvalue weighted by molar-refractivity contribution is 6.05. The van der Waals surface area contributed by atoms with E-state index in [1.165, 1.54) is 13.0 Å². The molecule has 1 amide bonds. The molecule has 7 nitrogen and oxygen atoms in total. The lowest BCUT2D eigenvalue weighted by atomic mass is 10.1. The van der Waals surface area contributed by atoms with Crippen LogP contribution in [0.25, 0.3) is 11.4 Å². The Morgan fingerprint density at radius 1 is 1.35 bits per heavy atom. The van der Waals surface area contributed by atoms with Crippen LogP contribution in [0.4, 0.5) is 18.9 Å². The molecule has 10 heteroatoms. The van der Waals surface area contributed by atoms with Crippen LogP contribution in [0.1, 0.15) is 19.0 Å². The lowest BCUT2D eigenvalue weighted by Gasteiger charge is -2.26. The number of anilines is 1. The van der Waals surface area contributed by atoms with Gasteiger partial charge in [-0.2, -0.15) is 13.2 Å². The number of imidazole rings is 1. The van der Waals surface area contributed by atoms with Crippen molar-refractivity contribution in [2.24, 2.45) is 0 Å². The van der Waals surface area contributed by atoms with Crippen molar-refractivity contribution in [3.05, 3.63) is 30.1 Å². The van der Waals surface area contributed by atoms with Crippen molar-refractivity contribution in [1.82, 2.24) is 14.9 Å². The summed E-state index contributed by atoms with van der Waals surface area (Å²) < 4.78 is 49.7. The average Bonchev–Trinajstić information content (AvgIpc) is 3.24. The highest BCUT2D eigenvalue weighted by Gasteiger charge is 2.33. The van der Waals surface area contributed by atoms with E-state index >= 15 is 0 Å². The van der Waals surface area contributed by atoms with E-state index in [-0.39, 0.29) is 5.82 Å². The van der Waals surface area contributed by atoms with E-state index in [1.807, 2.05) is 0 Å². The molecular formula is C21H23F3N4O3. The molecule has 0 saturated carbocycles. The molecule has 0 atom stereocenters. The van der Waals surface area contributed by atoms with Crippen LogP contribution >= 0.6 is 0 Å². The fourth-order valence-corrected chi connectivity index (χ4v) is 3.07. The highest BCUT2D eigenvalue weighted by atomic mass is 19.4. The molecule has 1 aliphatic rings. The maximum atomic E-state index is 12.9. The van der Waals surface area contributed by atoms with E-state index in [0.29, 0.717) is 23.6 Å². The average molecular weight is 436 g/mol. The second-order valence-corrected chi connectivity index (χ2v) is 6.84. The number of ether oxygens (including phenoxy) is 2. The van der Waals surface area contributed by atoms with Gasteiger partial charge in [0.25, 0.3) is 5.91 Å². The lowest BCUT2D eigenvalue weighted by Crippen LogP contribution is -2.37. The van der Waals surface area contributed by atoms with Gasteiger partial charge >= 0.3 is 6.18 Å². The zero-order valence-corrected chi connectivity index (χ0v) is 17.0. The number of hydrogen-bond donors (Lipinski definition) is 2. The molecule has 1 aromatic carbocycles. The number of rotatable bonds is 7. The standard InChI is InChI=1S/C21H23F3N4O3/c1-2-4-19(29)26-16-13-15(20-25-14-18(27-20)21(22,23)24)5-6-17(16)31-10-3-7-28-8-11-30-12-9-28/h5-6,13-14H,3,7-12H2,1H3,(H,25,27)(H,26,29). The summed E-state index contributed by atoms with van der Waals surface area (Å²) >= 11 is 0. The van der Waals surface area contributed by atoms with Crippen LogP contribution in [0.5, 0.6) is 5.75 Å². The number of H-pyrrole nitrogens is 1. The van der Waals surface area contributed by atoms with Crippen LogP contribution in [-0.2, 0) is 15.7 Å². The van der Waals surface area contributed by atoms with Gasteiger partial charge in [-0.05, 0) is 37.5 Å². The minimum atomic E-state index is -4.53. The summed E-state index contributed by atoms with van der Waals surface area (Å²) in [6.45, 7) is 6.01. The fraction of sp³-hybridized carbons (Fsp3) is 0.429. The topological polar surface area (TPSA) is 79.5 Å². The molecule has 2 N–H and O–H groups in total. The number of morpholine rings is 1. The molecule has 0 radical (unpaired) electrons. The van der Waals surface area contributed by atoms with Gasteiger partial charge in [-0.25, -0.2) is 4.98 Å². The zero-order chi connectivity index (χ0) is 22.3. The van der Waals surface area contributed by atoms with E-state index in [2.05, 4.69) is 32.0 Å². The van der Waals surface area contributed by atoms with Crippen molar-refractivity contribution in [2.75, 3.05) is 44.8 Å². The second kappa shape index (κ2) is 10.3. The molecule has 1 aliphatic heterocycles. The largest absolute Gasteiger partial charge is 0.491 e. The molecule has 0 aliphatic carbocycles. The molecule has 3 rings (SSSR count). The Balaban J connectivity index is 1.72. The number of nitrogens with one attached hydrogen (secondary N) is 2. The number of nitrogens with zero attached hydrogens (tertiary/aromatic N) is 2. The van der Waals surface area contributed by atoms with Crippen LogP contribution in [0, 0.1) is 11.8 Å². The Kier molecular flexibility index (Phi) is 7.55. The first kappa shape index (κ1) is 22.7. The molecule has 1 fully saturated rings. The van der Waals surface area contributed by atoms with Crippen molar-refractivity contribution in [3.8, 4) is 29.0 Å². The zero-order valence-electron chi connectivity index (χ0n) is 17.0. The van der Waals surface area contributed by atoms with E-state index in [4.69, 9.17) is 9.47 Å². The predicted molar refractivity (Wildman–Crippen MR) is 108 cm³/mol. The Bertz CT molecular complexity index is 957. The van der Waals surface area contributed by atoms with Crippen molar-refractivity contribution >= 4 is 11.6 Å². The number of alkyl halides is 3. The molecule has 2 aromatic rings. The van der Waals surface area contributed by atoms with E-state index in [0.717, 1.165) is 45.5 Å². The molecule has 0 unspecified atom stereocenters. The van der Waals surface area contributed by atoms with Gasteiger partial charge < -0.3 is 19.8 Å². The number of hydrogen-bond acceptors (Lipinski definition) is 5. The maximum absolute atomic E-state index is 12.9. The summed E-state index contributed by atoms with van der Waals surface area (Å²) in [6, 6.07) is 4.68. The van der Waals surface area contributed by atoms with Gasteiger partial charge in [0.2, 0.25) is 0 Å². The first-order valence-electron chi connectivity index (χ1n) is 9.80. The first-order chi connectivity index (χ1) is 14.9. The molecule has 0 bridgehead atoms. The van der Waals surface area contributed by atoms with Gasteiger partial charge in [0.15, 0.2) is 0 Å². The smallest absolute Gasteiger partial charge is 0.432 e. The molecule has 1 aromatic heterocycles. The minimum Gasteiger partial charge on any atom is -0.491 e. The Labute approximate surface area is 177 Å². The third-order valence-corrected chi connectivity index (χ3v) is 4.60. The first-order valence-corrected chi connectivity index (χ1v) is 9.80. The van der Waals surface area contributed by atoms with Gasteiger partial charge in [0.1, 0.15) is 17.3 Å². The van der Waals surface area contributed by atoms with Crippen molar-refractivity contribution in [2.45, 2.75) is 19.5 Å². The van der Waals surface area contributed by atoms with Crippen molar-refractivity contribution in [1.29, 1.82) is 0 Å². The van der Waals surface area contributed by atoms with Gasteiger partial charge in [0, 0.05) is 25.2 Å². The van der Waals surface area contributed by atoms with Crippen LogP contribution in [0.15, 0.2) is 24.4 Å². The van der Waals surface area contributed by atoms with Crippen molar-refractivity contribution in [3.63, 3.8) is 0 Å². The summed E-state index contributed by atoms with van der Waals surface area (Å²) in [5, 5.41) is 2.62. The van der Waals surface area contributed by atoms with E-state index in [9.17, 15) is 18.0 Å². The van der Waals surface area contributed by atoms with E-state index in [1.54, 1.807) is 12.1 Å². The monoisotopic (exact) mass is 436 g/mol. The highest BCUT2D eigenvalue weighted by Crippen LogP contribution is 2.32. The number of carbonyl (C=O) groups is 1. The molecule has 31 heavy (non-hydrogen) atoms. The van der Waals surface area contributed by atoms with Gasteiger partial charge in [-0.3, -0.25) is 9.69 Å². The van der Waals surface area contributed by atoms with Gasteiger partial charge in [0.05, 0.1) is 31.7 Å². The Morgan fingerprint density at radius 2 is 2.13 bits per heavy atom. The van der Waals surface area contributed by atoms with Crippen LogP contribution in [0.2, 0.25) is 0 Å². The number of benzene rings is 1. The normalized spacial score (nSPS) is 14.6. The summed E-state index contributed by atoms with van der Waals surface area (Å²) in [6.07, 6.45) is -3.02. The molecule has 1 saturated heterocycles. The number of aromatic nitrogens is 2. The van der Waals surface area contributed by atoms with Crippen LogP contribution < -0.4 is 10.1 Å². The summed E-state index contributed by atoms with van der Waals surface area (Å²) in [5.41, 5.74) is -0.272. The second-order valence-electron chi connectivity index (χ2n) is 6.84. The van der Waals surface area contributed by atoms with Crippen LogP contribution in [0.3, 0.4) is 0 Å². The number of carbonyl (C=O) groups excluding carboxylic acids is 1. The molecule has 0 spiro atoms. The molecule has 166 valence electrons. The van der Waals surface area contributed by atoms with Crippen molar-refractivity contribution < 1.29 is 27.4 Å². The lowest BCUT2D eigenvalue weighted by molar-refractivity contribution is -0.140. The number of aromatic amines is 1. The summed E-state index contributed by atoms with van der Waals surface area (Å²) in [7, 11) is 0. The third-order valence-electron chi connectivity index (χ3n) is 4.60. The fourth-order valence-electron chi connectivity index (χ4n) is 3.07. The summed E-state index contributed by atoms with van der Waals surface area (Å²) in [5.74, 6) is 4.75. The number of amides is 1.